The Morgan fingerprint density at radius 2 is 1.76 bits per heavy atom. The van der Waals surface area contributed by atoms with Crippen LogP contribution in [-0.4, -0.2) is 34.6 Å². The summed E-state index contributed by atoms with van der Waals surface area (Å²) in [7, 11) is 0. The number of ether oxygens (including phenoxy) is 1. The number of fused-ring (bicyclic) bond motifs is 5. The lowest BCUT2D eigenvalue weighted by molar-refractivity contribution is -0.220. The first-order valence-electron chi connectivity index (χ1n) is 13.9. The zero-order valence-electron chi connectivity index (χ0n) is 22.3. The Hall–Kier alpha value is -0.640. The number of aliphatic hydroxyl groups excluding tert-OH is 1. The third kappa shape index (κ3) is 3.99. The van der Waals surface area contributed by atoms with Crippen LogP contribution in [0.5, 0.6) is 0 Å². The maximum absolute atomic E-state index is 12.0. The summed E-state index contributed by atoms with van der Waals surface area (Å²) >= 11 is 0. The third-order valence-electron chi connectivity index (χ3n) is 11.1. The molecule has 2 N–H and O–H groups in total. The molecule has 0 aromatic carbocycles. The van der Waals surface area contributed by atoms with Crippen molar-refractivity contribution in [3.05, 3.63) is 23.8 Å². The minimum absolute atomic E-state index is 0.215. The van der Waals surface area contributed by atoms with Gasteiger partial charge in [0.2, 0.25) is 0 Å². The van der Waals surface area contributed by atoms with Crippen molar-refractivity contribution < 1.29 is 14.9 Å². The molecule has 4 aliphatic rings. The second-order valence-electron chi connectivity index (χ2n) is 13.0. The lowest BCUT2D eigenvalue weighted by Gasteiger charge is -2.62. The van der Waals surface area contributed by atoms with Crippen molar-refractivity contribution in [2.75, 3.05) is 6.61 Å². The lowest BCUT2D eigenvalue weighted by Crippen LogP contribution is -2.66. The Morgan fingerprint density at radius 1 is 1.03 bits per heavy atom. The fraction of sp³-hybridized carbons (Fsp3) is 0.867. The molecule has 0 amide bonds. The maximum atomic E-state index is 12.0. The van der Waals surface area contributed by atoms with Crippen LogP contribution < -0.4 is 0 Å². The predicted octanol–water partition coefficient (Wildman–Crippen LogP) is 6.54. The van der Waals surface area contributed by atoms with Crippen LogP contribution in [0.25, 0.3) is 0 Å². The van der Waals surface area contributed by atoms with E-state index in [9.17, 15) is 10.2 Å². The van der Waals surface area contributed by atoms with E-state index in [0.717, 1.165) is 19.3 Å². The van der Waals surface area contributed by atoms with Gasteiger partial charge in [0.25, 0.3) is 0 Å². The first-order chi connectivity index (χ1) is 15.5. The molecule has 0 heterocycles. The number of allylic oxidation sites excluding steroid dienone is 3. The molecular weight excluding hydrogens is 408 g/mol. The van der Waals surface area contributed by atoms with Crippen LogP contribution in [0.1, 0.15) is 93.4 Å². The maximum Gasteiger partial charge on any atom is 0.105 e. The van der Waals surface area contributed by atoms with Crippen molar-refractivity contribution in [1.29, 1.82) is 0 Å². The summed E-state index contributed by atoms with van der Waals surface area (Å²) in [6.07, 6.45) is 13.6. The van der Waals surface area contributed by atoms with Crippen LogP contribution in [0.15, 0.2) is 23.8 Å². The van der Waals surface area contributed by atoms with E-state index in [4.69, 9.17) is 4.74 Å². The number of aliphatic hydroxyl groups is 2. The van der Waals surface area contributed by atoms with Gasteiger partial charge in [0.05, 0.1) is 6.10 Å². The Kier molecular flexibility index (Phi) is 7.02. The Balaban J connectivity index is 1.65. The molecule has 0 radical (unpaired) electrons. The normalized spacial score (nSPS) is 47.1. The van der Waals surface area contributed by atoms with Crippen LogP contribution in [-0.2, 0) is 4.74 Å². The first kappa shape index (κ1) is 25.5. The van der Waals surface area contributed by atoms with Crippen LogP contribution in [0, 0.1) is 46.3 Å². The number of hydrogen-bond donors (Lipinski definition) is 2. The van der Waals surface area contributed by atoms with Gasteiger partial charge in [-0.05, 0) is 86.4 Å². The molecule has 4 aliphatic carbocycles. The Labute approximate surface area is 203 Å². The first-order valence-corrected chi connectivity index (χ1v) is 13.9. The Bertz CT molecular complexity index is 771. The average Bonchev–Trinajstić information content (AvgIpc) is 3.11. The minimum atomic E-state index is -0.969. The van der Waals surface area contributed by atoms with E-state index in [1.165, 1.54) is 19.3 Å². The molecule has 0 aromatic rings. The van der Waals surface area contributed by atoms with Crippen molar-refractivity contribution in [2.24, 2.45) is 46.3 Å². The molecule has 3 saturated carbocycles. The van der Waals surface area contributed by atoms with Gasteiger partial charge in [0.1, 0.15) is 11.7 Å². The number of hydrogen-bond acceptors (Lipinski definition) is 3. The SMILES string of the molecule is CCO[C@@H]1C=C2[C@@H]3CC[C@H]([C@H](C)C=C[C@H](C)C(C)C)[C@@]3(C)CC[C@@H]2[C@@]2(C)CC[C@H](O)C[C@]12O. The van der Waals surface area contributed by atoms with Crippen molar-refractivity contribution in [3.63, 3.8) is 0 Å². The summed E-state index contributed by atoms with van der Waals surface area (Å²) in [6, 6.07) is 0. The van der Waals surface area contributed by atoms with E-state index in [-0.39, 0.29) is 11.5 Å². The van der Waals surface area contributed by atoms with Crippen LogP contribution in [0.2, 0.25) is 0 Å². The van der Waals surface area contributed by atoms with E-state index < -0.39 is 11.7 Å². The van der Waals surface area contributed by atoms with Crippen molar-refractivity contribution >= 4 is 0 Å². The highest BCUT2D eigenvalue weighted by Gasteiger charge is 2.65. The summed E-state index contributed by atoms with van der Waals surface area (Å²) in [4.78, 5) is 0. The highest BCUT2D eigenvalue weighted by atomic mass is 16.5. The summed E-state index contributed by atoms with van der Waals surface area (Å²) < 4.78 is 6.21. The molecule has 3 heteroatoms. The third-order valence-corrected chi connectivity index (χ3v) is 11.1. The van der Waals surface area contributed by atoms with Crippen molar-refractivity contribution in [2.45, 2.75) is 111 Å². The van der Waals surface area contributed by atoms with Crippen molar-refractivity contribution in [1.82, 2.24) is 0 Å². The fourth-order valence-corrected chi connectivity index (χ4v) is 8.50. The zero-order chi connectivity index (χ0) is 24.2. The van der Waals surface area contributed by atoms with Gasteiger partial charge in [-0.1, -0.05) is 65.3 Å². The molecule has 0 aliphatic heterocycles. The highest BCUT2D eigenvalue weighted by molar-refractivity contribution is 5.33. The van der Waals surface area contributed by atoms with Gasteiger partial charge >= 0.3 is 0 Å². The molecule has 188 valence electrons. The molecule has 0 saturated heterocycles. The standard InChI is InChI=1S/C30H50O3/c1-8-33-27-17-23-25-12-11-24(21(5)10-9-20(4)19(2)3)28(25,6)15-14-26(23)29(7)16-13-22(31)18-30(27,29)32/h9-10,17,19-22,24-27,31-32H,8,11-16,18H2,1-7H3/t20-,21+,22-,24+,25-,26-,27+,28+,29+,30-/m0/s1. The molecule has 10 atom stereocenters. The van der Waals surface area contributed by atoms with Gasteiger partial charge in [-0.15, -0.1) is 0 Å². The molecule has 0 aromatic heterocycles. The largest absolute Gasteiger partial charge is 0.393 e. The zero-order valence-corrected chi connectivity index (χ0v) is 22.3. The fourth-order valence-electron chi connectivity index (χ4n) is 8.50. The van der Waals surface area contributed by atoms with E-state index in [1.54, 1.807) is 5.57 Å². The van der Waals surface area contributed by atoms with E-state index in [0.29, 0.717) is 54.0 Å². The average molecular weight is 459 g/mol. The molecule has 3 fully saturated rings. The summed E-state index contributed by atoms with van der Waals surface area (Å²) in [5, 5.41) is 22.5. The van der Waals surface area contributed by atoms with Gasteiger partial charge in [-0.3, -0.25) is 0 Å². The molecule has 0 bridgehead atoms. The van der Waals surface area contributed by atoms with E-state index in [1.807, 2.05) is 6.92 Å². The van der Waals surface area contributed by atoms with Crippen LogP contribution >= 0.6 is 0 Å². The van der Waals surface area contributed by atoms with Crippen LogP contribution in [0.4, 0.5) is 0 Å². The van der Waals surface area contributed by atoms with Crippen molar-refractivity contribution in [3.8, 4) is 0 Å². The van der Waals surface area contributed by atoms with Gasteiger partial charge in [0, 0.05) is 18.4 Å². The predicted molar refractivity (Wildman–Crippen MR) is 136 cm³/mol. The highest BCUT2D eigenvalue weighted by Crippen LogP contribution is 2.67. The second kappa shape index (κ2) is 9.10. The lowest BCUT2D eigenvalue weighted by atomic mass is 9.45. The topological polar surface area (TPSA) is 49.7 Å². The summed E-state index contributed by atoms with van der Waals surface area (Å²) in [6.45, 7) is 16.9. The molecular formula is C30H50O3. The molecule has 0 spiro atoms. The molecule has 0 unspecified atom stereocenters. The second-order valence-corrected chi connectivity index (χ2v) is 13.0. The molecule has 33 heavy (non-hydrogen) atoms. The van der Waals surface area contributed by atoms with Gasteiger partial charge in [-0.25, -0.2) is 0 Å². The quantitative estimate of drug-likeness (QED) is 0.444. The monoisotopic (exact) mass is 458 g/mol. The van der Waals surface area contributed by atoms with Gasteiger partial charge < -0.3 is 14.9 Å². The van der Waals surface area contributed by atoms with Gasteiger partial charge in [-0.2, -0.15) is 0 Å². The molecule has 4 rings (SSSR count). The smallest absolute Gasteiger partial charge is 0.105 e. The van der Waals surface area contributed by atoms with E-state index >= 15 is 0 Å². The number of rotatable bonds is 6. The Morgan fingerprint density at radius 3 is 2.42 bits per heavy atom. The van der Waals surface area contributed by atoms with Crippen LogP contribution in [0.3, 0.4) is 0 Å². The summed E-state index contributed by atoms with van der Waals surface area (Å²) in [5.74, 6) is 3.63. The summed E-state index contributed by atoms with van der Waals surface area (Å²) in [5.41, 5.74) is 0.724. The van der Waals surface area contributed by atoms with Gasteiger partial charge in [0.15, 0.2) is 0 Å². The van der Waals surface area contributed by atoms with E-state index in [2.05, 4.69) is 59.8 Å². The molecule has 3 nitrogen and oxygen atoms in total. The minimum Gasteiger partial charge on any atom is -0.393 e.